The zero-order valence-electron chi connectivity index (χ0n) is 13.8. The van der Waals surface area contributed by atoms with E-state index in [2.05, 4.69) is 10.3 Å². The molecule has 1 aromatic carbocycles. The molecule has 0 radical (unpaired) electrons. The van der Waals surface area contributed by atoms with Crippen molar-refractivity contribution in [2.24, 2.45) is 5.41 Å². The number of oxazole rings is 1. The number of amides is 1. The molecule has 1 N–H and O–H groups in total. The van der Waals surface area contributed by atoms with Crippen LogP contribution >= 0.6 is 11.6 Å². The Morgan fingerprint density at radius 2 is 2.12 bits per heavy atom. The van der Waals surface area contributed by atoms with Crippen molar-refractivity contribution in [2.75, 3.05) is 6.61 Å². The summed E-state index contributed by atoms with van der Waals surface area (Å²) in [5.74, 6) is -0.456. The average molecular weight is 379 g/mol. The lowest BCUT2D eigenvalue weighted by Gasteiger charge is -2.70. The third kappa shape index (κ3) is 3.07. The van der Waals surface area contributed by atoms with Gasteiger partial charge in [0.05, 0.1) is 11.2 Å². The highest BCUT2D eigenvalue weighted by molar-refractivity contribution is 6.30. The number of aromatic nitrogens is 1. The van der Waals surface area contributed by atoms with Gasteiger partial charge in [0.1, 0.15) is 18.2 Å². The number of benzene rings is 1. The average Bonchev–Trinajstić information content (AvgIpc) is 3.07. The minimum absolute atomic E-state index is 0.00946. The second-order valence-electron chi connectivity index (χ2n) is 7.21. The molecule has 3 saturated carbocycles. The zero-order chi connectivity index (χ0) is 18.4. The monoisotopic (exact) mass is 378 g/mol. The van der Waals surface area contributed by atoms with E-state index in [1.807, 2.05) is 0 Å². The van der Waals surface area contributed by atoms with Crippen molar-refractivity contribution in [3.8, 4) is 5.75 Å². The van der Waals surface area contributed by atoms with Gasteiger partial charge in [-0.05, 0) is 36.8 Å². The molecule has 3 aliphatic carbocycles. The smallest absolute Gasteiger partial charge is 0.289 e. The molecule has 136 valence electrons. The summed E-state index contributed by atoms with van der Waals surface area (Å²) in [5.41, 5.74) is -0.287. The Balaban J connectivity index is 1.23. The van der Waals surface area contributed by atoms with Gasteiger partial charge in [-0.3, -0.25) is 9.59 Å². The Labute approximate surface area is 153 Å². The van der Waals surface area contributed by atoms with Gasteiger partial charge in [-0.25, -0.2) is 9.37 Å². The number of ketones is 1. The third-order valence-electron chi connectivity index (χ3n) is 5.04. The largest absolute Gasteiger partial charge is 0.486 e. The molecule has 2 bridgehead atoms. The van der Waals surface area contributed by atoms with E-state index in [9.17, 15) is 14.0 Å². The zero-order valence-corrected chi connectivity index (χ0v) is 14.5. The van der Waals surface area contributed by atoms with Crippen LogP contribution in [0.1, 0.15) is 36.2 Å². The fourth-order valence-corrected chi connectivity index (χ4v) is 4.27. The standard InChI is InChI=1S/C18H16ClFN2O4/c19-13-2-1-12(3-14(13)20)25-6-11(23)4-17-7-18(8-17,9-17)22-16(24)15-5-21-10-26-15/h1-3,5,10H,4,6-9H2,(H,22,24). The van der Waals surface area contributed by atoms with E-state index >= 15 is 0 Å². The fraction of sp³-hybridized carbons (Fsp3) is 0.389. The van der Waals surface area contributed by atoms with E-state index in [0.29, 0.717) is 6.42 Å². The van der Waals surface area contributed by atoms with Gasteiger partial charge < -0.3 is 14.5 Å². The molecule has 2 aromatic rings. The normalized spacial score (nSPS) is 25.8. The molecule has 8 heteroatoms. The van der Waals surface area contributed by atoms with Gasteiger partial charge in [0.25, 0.3) is 5.91 Å². The number of carbonyl (C=O) groups excluding carboxylic acids is 2. The summed E-state index contributed by atoms with van der Waals surface area (Å²) in [6.45, 7) is -0.111. The highest BCUT2D eigenvalue weighted by Gasteiger charge is 2.68. The summed E-state index contributed by atoms with van der Waals surface area (Å²) in [7, 11) is 0. The number of nitrogens with one attached hydrogen (secondary N) is 1. The molecule has 3 fully saturated rings. The highest BCUT2D eigenvalue weighted by atomic mass is 35.5. The molecule has 0 aliphatic heterocycles. The van der Waals surface area contributed by atoms with Crippen molar-refractivity contribution in [1.82, 2.24) is 10.3 Å². The Morgan fingerprint density at radius 1 is 1.35 bits per heavy atom. The maximum absolute atomic E-state index is 13.4. The number of hydrogen-bond acceptors (Lipinski definition) is 5. The quantitative estimate of drug-likeness (QED) is 0.800. The van der Waals surface area contributed by atoms with Crippen LogP contribution in [0.25, 0.3) is 0 Å². The van der Waals surface area contributed by atoms with Crippen LogP contribution in [-0.2, 0) is 4.79 Å². The second-order valence-corrected chi connectivity index (χ2v) is 7.62. The molecule has 0 unspecified atom stereocenters. The number of halogens is 2. The first-order chi connectivity index (χ1) is 12.4. The Hall–Kier alpha value is -2.41. The van der Waals surface area contributed by atoms with Gasteiger partial charge in [-0.2, -0.15) is 0 Å². The van der Waals surface area contributed by atoms with Gasteiger partial charge in [0.15, 0.2) is 12.2 Å². The lowest BCUT2D eigenvalue weighted by atomic mass is 9.38. The summed E-state index contributed by atoms with van der Waals surface area (Å²) >= 11 is 5.61. The van der Waals surface area contributed by atoms with Crippen LogP contribution in [-0.4, -0.2) is 28.8 Å². The van der Waals surface area contributed by atoms with Crippen LogP contribution in [0.4, 0.5) is 4.39 Å². The van der Waals surface area contributed by atoms with E-state index in [1.165, 1.54) is 24.7 Å². The highest BCUT2D eigenvalue weighted by Crippen LogP contribution is 2.69. The molecular formula is C18H16ClFN2O4. The Bertz CT molecular complexity index is 848. The van der Waals surface area contributed by atoms with Crippen molar-refractivity contribution in [2.45, 2.75) is 31.2 Å². The SMILES string of the molecule is O=C(COc1ccc(Cl)c(F)c1)CC12CC(NC(=O)c3cnco3)(C1)C2. The van der Waals surface area contributed by atoms with Gasteiger partial charge in [-0.15, -0.1) is 0 Å². The molecule has 1 aromatic heterocycles. The lowest BCUT2D eigenvalue weighted by Crippen LogP contribution is -2.75. The second kappa shape index (κ2) is 6.09. The molecule has 6 nitrogen and oxygen atoms in total. The first-order valence-corrected chi connectivity index (χ1v) is 8.57. The number of Topliss-reactive ketones (excluding diaryl/α,β-unsaturated/α-hetero) is 1. The summed E-state index contributed by atoms with van der Waals surface area (Å²) in [6.07, 6.45) is 5.27. The van der Waals surface area contributed by atoms with Gasteiger partial charge >= 0.3 is 0 Å². The molecule has 0 spiro atoms. The van der Waals surface area contributed by atoms with Crippen LogP contribution in [0.15, 0.2) is 35.2 Å². The van der Waals surface area contributed by atoms with Gasteiger partial charge in [0.2, 0.25) is 5.76 Å². The van der Waals surface area contributed by atoms with E-state index in [-0.39, 0.29) is 45.8 Å². The number of nitrogens with zero attached hydrogens (tertiary/aromatic N) is 1. The third-order valence-corrected chi connectivity index (χ3v) is 5.34. The molecule has 1 amide bonds. The van der Waals surface area contributed by atoms with Crippen LogP contribution in [0.3, 0.4) is 0 Å². The maximum Gasteiger partial charge on any atom is 0.289 e. The van der Waals surface area contributed by atoms with E-state index in [0.717, 1.165) is 25.3 Å². The molecule has 1 heterocycles. The molecule has 0 saturated heterocycles. The predicted molar refractivity (Wildman–Crippen MR) is 89.5 cm³/mol. The number of carbonyl (C=O) groups is 2. The molecule has 5 rings (SSSR count). The van der Waals surface area contributed by atoms with Crippen molar-refractivity contribution in [1.29, 1.82) is 0 Å². The summed E-state index contributed by atoms with van der Waals surface area (Å²) in [4.78, 5) is 27.9. The minimum atomic E-state index is -0.583. The molecule has 0 atom stereocenters. The van der Waals surface area contributed by atoms with Crippen LogP contribution in [0.2, 0.25) is 5.02 Å². The maximum atomic E-state index is 13.4. The van der Waals surface area contributed by atoms with Crippen molar-refractivity contribution in [3.05, 3.63) is 47.4 Å². The first-order valence-electron chi connectivity index (χ1n) is 8.19. The Kier molecular flexibility index (Phi) is 3.99. The van der Waals surface area contributed by atoms with Crippen LogP contribution in [0, 0.1) is 11.2 Å². The van der Waals surface area contributed by atoms with E-state index in [4.69, 9.17) is 20.8 Å². The summed E-state index contributed by atoms with van der Waals surface area (Å²) in [5, 5.41) is 2.97. The van der Waals surface area contributed by atoms with Crippen molar-refractivity contribution >= 4 is 23.3 Å². The molecule has 26 heavy (non-hydrogen) atoms. The minimum Gasteiger partial charge on any atom is -0.486 e. The van der Waals surface area contributed by atoms with Crippen LogP contribution < -0.4 is 10.1 Å². The molecular weight excluding hydrogens is 363 g/mol. The Morgan fingerprint density at radius 3 is 2.77 bits per heavy atom. The summed E-state index contributed by atoms with van der Waals surface area (Å²) < 4.78 is 23.7. The van der Waals surface area contributed by atoms with Crippen LogP contribution in [0.5, 0.6) is 5.75 Å². The first kappa shape index (κ1) is 17.0. The number of hydrogen-bond donors (Lipinski definition) is 1. The predicted octanol–water partition coefficient (Wildman–Crippen LogP) is 3.16. The topological polar surface area (TPSA) is 81.4 Å². The van der Waals surface area contributed by atoms with E-state index in [1.54, 1.807) is 0 Å². The van der Waals surface area contributed by atoms with Gasteiger partial charge in [0, 0.05) is 18.0 Å². The fourth-order valence-electron chi connectivity index (χ4n) is 4.15. The lowest BCUT2D eigenvalue weighted by molar-refractivity contribution is -0.162. The molecule has 3 aliphatic rings. The summed E-state index contributed by atoms with van der Waals surface area (Å²) in [6, 6.07) is 4.07. The number of rotatable bonds is 7. The van der Waals surface area contributed by atoms with E-state index < -0.39 is 5.82 Å². The van der Waals surface area contributed by atoms with Crippen molar-refractivity contribution < 1.29 is 23.1 Å². The van der Waals surface area contributed by atoms with Crippen molar-refractivity contribution in [3.63, 3.8) is 0 Å². The van der Waals surface area contributed by atoms with Gasteiger partial charge in [-0.1, -0.05) is 11.6 Å². The number of ether oxygens (including phenoxy) is 1.